The highest BCUT2D eigenvalue weighted by atomic mass is 32.1. The minimum absolute atomic E-state index is 0.0212. The highest BCUT2D eigenvalue weighted by Crippen LogP contribution is 2.40. The van der Waals surface area contributed by atoms with Crippen LogP contribution in [0.15, 0.2) is 60.9 Å². The van der Waals surface area contributed by atoms with E-state index in [1.807, 2.05) is 18.2 Å². The molecule has 3 heterocycles. The fraction of sp³-hybridized carbons (Fsp3) is 0.304. The summed E-state index contributed by atoms with van der Waals surface area (Å²) in [6.45, 7) is 2.62. The largest absolute Gasteiger partial charge is 0.363 e. The van der Waals surface area contributed by atoms with Crippen LogP contribution < -0.4 is 10.2 Å². The minimum atomic E-state index is -0.0212. The number of carbonyl (C=O) groups excluding carboxylic acids is 1. The van der Waals surface area contributed by atoms with E-state index in [9.17, 15) is 4.79 Å². The Morgan fingerprint density at radius 1 is 1.04 bits per heavy atom. The summed E-state index contributed by atoms with van der Waals surface area (Å²) in [5.41, 5.74) is 3.34. The Morgan fingerprint density at radius 3 is 2.54 bits per heavy atom. The number of carbonyl (C=O) groups is 1. The molecule has 1 aliphatic heterocycles. The normalized spacial score (nSPS) is 14.5. The number of thiophene rings is 1. The third kappa shape index (κ3) is 4.42. The number of amides is 1. The molecule has 28 heavy (non-hydrogen) atoms. The molecular weight excluding hydrogens is 366 g/mol. The van der Waals surface area contributed by atoms with Gasteiger partial charge in [-0.05, 0) is 36.1 Å². The molecule has 3 aromatic rings. The van der Waals surface area contributed by atoms with Gasteiger partial charge in [-0.2, -0.15) is 0 Å². The van der Waals surface area contributed by atoms with Crippen molar-refractivity contribution in [1.82, 2.24) is 10.3 Å². The second kappa shape index (κ2) is 9.02. The highest BCUT2D eigenvalue weighted by Gasteiger charge is 2.21. The van der Waals surface area contributed by atoms with Crippen molar-refractivity contribution < 1.29 is 4.79 Å². The number of hydrogen-bond acceptors (Lipinski definition) is 4. The molecule has 2 aromatic heterocycles. The number of nitrogens with one attached hydrogen (secondary N) is 1. The van der Waals surface area contributed by atoms with E-state index < -0.39 is 0 Å². The highest BCUT2D eigenvalue weighted by molar-refractivity contribution is 7.18. The van der Waals surface area contributed by atoms with E-state index in [2.05, 4.69) is 45.5 Å². The Hall–Kier alpha value is -2.66. The van der Waals surface area contributed by atoms with Crippen LogP contribution in [-0.2, 0) is 6.54 Å². The first-order valence-corrected chi connectivity index (χ1v) is 10.7. The number of pyridine rings is 1. The summed E-state index contributed by atoms with van der Waals surface area (Å²) in [7, 11) is 0. The van der Waals surface area contributed by atoms with E-state index in [0.717, 1.165) is 23.5 Å². The second-order valence-corrected chi connectivity index (χ2v) is 8.17. The van der Waals surface area contributed by atoms with Crippen LogP contribution in [0.5, 0.6) is 0 Å². The molecule has 1 aliphatic rings. The quantitative estimate of drug-likeness (QED) is 0.656. The number of nitrogens with zero attached hydrogens (tertiary/aromatic N) is 2. The molecule has 0 spiro atoms. The lowest BCUT2D eigenvalue weighted by molar-refractivity contribution is 0.0955. The molecule has 0 unspecified atom stereocenters. The SMILES string of the molecule is O=C(NCc1cccnc1)c1cc(-c2ccccc2)c(N2CCCCCC2)s1. The van der Waals surface area contributed by atoms with Crippen molar-refractivity contribution in [3.8, 4) is 11.1 Å². The monoisotopic (exact) mass is 391 g/mol. The lowest BCUT2D eigenvalue weighted by atomic mass is 10.1. The van der Waals surface area contributed by atoms with Gasteiger partial charge in [0.1, 0.15) is 0 Å². The van der Waals surface area contributed by atoms with Crippen LogP contribution in [0.4, 0.5) is 5.00 Å². The molecule has 0 aliphatic carbocycles. The van der Waals surface area contributed by atoms with Gasteiger partial charge in [0.25, 0.3) is 5.91 Å². The van der Waals surface area contributed by atoms with E-state index in [1.54, 1.807) is 23.7 Å². The van der Waals surface area contributed by atoms with Crippen LogP contribution in [0, 0.1) is 0 Å². The predicted molar refractivity (Wildman–Crippen MR) is 116 cm³/mol. The molecule has 1 saturated heterocycles. The smallest absolute Gasteiger partial charge is 0.261 e. The molecule has 4 rings (SSSR count). The molecular formula is C23H25N3OS. The summed E-state index contributed by atoms with van der Waals surface area (Å²) in [4.78, 5) is 20.2. The predicted octanol–water partition coefficient (Wildman–Crippen LogP) is 5.12. The van der Waals surface area contributed by atoms with Gasteiger partial charge in [-0.3, -0.25) is 9.78 Å². The molecule has 144 valence electrons. The van der Waals surface area contributed by atoms with Crippen LogP contribution in [0.1, 0.15) is 40.9 Å². The van der Waals surface area contributed by atoms with E-state index >= 15 is 0 Å². The van der Waals surface area contributed by atoms with E-state index in [4.69, 9.17) is 0 Å². The van der Waals surface area contributed by atoms with Gasteiger partial charge in [-0.25, -0.2) is 0 Å². The molecule has 0 bridgehead atoms. The summed E-state index contributed by atoms with van der Waals surface area (Å²) in [6, 6.07) is 16.3. The zero-order valence-electron chi connectivity index (χ0n) is 15.9. The van der Waals surface area contributed by atoms with Crippen LogP contribution in [0.2, 0.25) is 0 Å². The standard InChI is InChI=1S/C23H25N3OS/c27-22(25-17-18-9-8-12-24-16-18)21-15-20(19-10-4-3-5-11-19)23(28-21)26-13-6-1-2-7-14-26/h3-5,8-12,15-16H,1-2,6-7,13-14,17H2,(H,25,27). The van der Waals surface area contributed by atoms with Gasteiger partial charge in [0.15, 0.2) is 0 Å². The van der Waals surface area contributed by atoms with E-state index in [1.165, 1.54) is 41.8 Å². The van der Waals surface area contributed by atoms with Gasteiger partial charge in [0, 0.05) is 37.6 Å². The zero-order chi connectivity index (χ0) is 19.2. The Bertz CT molecular complexity index is 900. The maximum Gasteiger partial charge on any atom is 0.261 e. The summed E-state index contributed by atoms with van der Waals surface area (Å²) in [5, 5.41) is 4.26. The topological polar surface area (TPSA) is 45.2 Å². The van der Waals surface area contributed by atoms with Crippen molar-refractivity contribution in [3.05, 3.63) is 71.4 Å². The van der Waals surface area contributed by atoms with Crippen LogP contribution in [0.3, 0.4) is 0 Å². The summed E-state index contributed by atoms with van der Waals surface area (Å²) < 4.78 is 0. The first-order valence-electron chi connectivity index (χ1n) is 9.92. The second-order valence-electron chi connectivity index (χ2n) is 7.14. The Morgan fingerprint density at radius 2 is 1.82 bits per heavy atom. The molecule has 5 heteroatoms. The maximum absolute atomic E-state index is 12.8. The first kappa shape index (κ1) is 18.7. The van der Waals surface area contributed by atoms with Crippen LogP contribution >= 0.6 is 11.3 Å². The number of aromatic nitrogens is 1. The van der Waals surface area contributed by atoms with Crippen molar-refractivity contribution in [2.75, 3.05) is 18.0 Å². The van der Waals surface area contributed by atoms with Crippen molar-refractivity contribution >= 4 is 22.2 Å². The van der Waals surface area contributed by atoms with Gasteiger partial charge in [-0.1, -0.05) is 49.2 Å². The van der Waals surface area contributed by atoms with Crippen molar-refractivity contribution in [2.24, 2.45) is 0 Å². The first-order chi connectivity index (χ1) is 13.8. The van der Waals surface area contributed by atoms with Gasteiger partial charge in [-0.15, -0.1) is 11.3 Å². The minimum Gasteiger partial charge on any atom is -0.363 e. The van der Waals surface area contributed by atoms with Gasteiger partial charge in [0.05, 0.1) is 9.88 Å². The lowest BCUT2D eigenvalue weighted by Gasteiger charge is -2.22. The number of benzene rings is 1. The number of anilines is 1. The summed E-state index contributed by atoms with van der Waals surface area (Å²) in [6.07, 6.45) is 8.54. The van der Waals surface area contributed by atoms with Gasteiger partial charge >= 0.3 is 0 Å². The summed E-state index contributed by atoms with van der Waals surface area (Å²) >= 11 is 1.61. The van der Waals surface area contributed by atoms with Crippen LogP contribution in [0.25, 0.3) is 11.1 Å². The van der Waals surface area contributed by atoms with Crippen molar-refractivity contribution in [2.45, 2.75) is 32.2 Å². The maximum atomic E-state index is 12.8. The molecule has 1 N–H and O–H groups in total. The summed E-state index contributed by atoms with van der Waals surface area (Å²) in [5.74, 6) is -0.0212. The molecule has 1 aromatic carbocycles. The Balaban J connectivity index is 1.60. The third-order valence-corrected chi connectivity index (χ3v) is 6.28. The fourth-order valence-corrected chi connectivity index (χ4v) is 4.75. The molecule has 0 atom stereocenters. The zero-order valence-corrected chi connectivity index (χ0v) is 16.8. The number of hydrogen-bond donors (Lipinski definition) is 1. The molecule has 0 radical (unpaired) electrons. The lowest BCUT2D eigenvalue weighted by Crippen LogP contribution is -2.23. The fourth-order valence-electron chi connectivity index (χ4n) is 3.60. The van der Waals surface area contributed by atoms with Crippen LogP contribution in [-0.4, -0.2) is 24.0 Å². The molecule has 1 fully saturated rings. The Kier molecular flexibility index (Phi) is 6.02. The molecule has 4 nitrogen and oxygen atoms in total. The third-order valence-electron chi connectivity index (χ3n) is 5.09. The Labute approximate surface area is 170 Å². The molecule has 0 saturated carbocycles. The van der Waals surface area contributed by atoms with Gasteiger partial charge in [0.2, 0.25) is 0 Å². The molecule has 1 amide bonds. The average molecular weight is 392 g/mol. The van der Waals surface area contributed by atoms with E-state index in [-0.39, 0.29) is 5.91 Å². The number of rotatable bonds is 5. The van der Waals surface area contributed by atoms with E-state index in [0.29, 0.717) is 6.54 Å². The van der Waals surface area contributed by atoms with Crippen molar-refractivity contribution in [3.63, 3.8) is 0 Å². The van der Waals surface area contributed by atoms with Gasteiger partial charge < -0.3 is 10.2 Å². The van der Waals surface area contributed by atoms with Crippen molar-refractivity contribution in [1.29, 1.82) is 0 Å². The average Bonchev–Trinajstić information content (AvgIpc) is 3.02.